The maximum absolute atomic E-state index is 14.0. The lowest BCUT2D eigenvalue weighted by Crippen LogP contribution is -2.55. The predicted molar refractivity (Wildman–Crippen MR) is 137 cm³/mol. The van der Waals surface area contributed by atoms with Gasteiger partial charge in [-0.05, 0) is 77.5 Å². The number of benzene rings is 1. The average molecular weight is 476 g/mol. The lowest BCUT2D eigenvalue weighted by atomic mass is 9.92. The zero-order valence-corrected chi connectivity index (χ0v) is 22.7. The second kappa shape index (κ2) is 12.8. The summed E-state index contributed by atoms with van der Waals surface area (Å²) in [5, 5.41) is 5.78. The number of amides is 3. The van der Waals surface area contributed by atoms with Crippen LogP contribution in [0.5, 0.6) is 0 Å². The van der Waals surface area contributed by atoms with Crippen LogP contribution in [-0.4, -0.2) is 47.0 Å². The standard InChI is InChI=1S/C27H45N3O4/c1-11-16-30(25(32)22(18(5)12-2)29-26(33)34-27(8,9)10)23(24(31)28-17(3)4)21-15-13-14-19(6)20(21)7/h13-15,17-18,22-23H,11-12,16H2,1-10H3,(H,28,31)(H,29,33). The molecule has 0 heterocycles. The molecule has 7 nitrogen and oxygen atoms in total. The van der Waals surface area contributed by atoms with Crippen molar-refractivity contribution in [3.05, 3.63) is 34.9 Å². The van der Waals surface area contributed by atoms with Gasteiger partial charge in [-0.1, -0.05) is 45.4 Å². The van der Waals surface area contributed by atoms with Crippen molar-refractivity contribution in [1.82, 2.24) is 15.5 Å². The molecular formula is C27H45N3O4. The van der Waals surface area contributed by atoms with Gasteiger partial charge >= 0.3 is 6.09 Å². The normalized spacial score (nSPS) is 14.2. The number of hydrogen-bond donors (Lipinski definition) is 2. The lowest BCUT2D eigenvalue weighted by Gasteiger charge is -2.37. The minimum Gasteiger partial charge on any atom is -0.444 e. The molecule has 0 spiro atoms. The maximum atomic E-state index is 14.0. The van der Waals surface area contributed by atoms with Crippen molar-refractivity contribution in [1.29, 1.82) is 0 Å². The minimum absolute atomic E-state index is 0.0797. The fourth-order valence-corrected chi connectivity index (χ4v) is 3.79. The fourth-order valence-electron chi connectivity index (χ4n) is 3.79. The maximum Gasteiger partial charge on any atom is 0.408 e. The molecule has 192 valence electrons. The van der Waals surface area contributed by atoms with Crippen LogP contribution in [0.3, 0.4) is 0 Å². The first-order valence-corrected chi connectivity index (χ1v) is 12.4. The number of carbonyl (C=O) groups is 3. The molecule has 0 aliphatic carbocycles. The molecule has 0 bridgehead atoms. The quantitative estimate of drug-likeness (QED) is 0.496. The molecule has 1 rings (SSSR count). The van der Waals surface area contributed by atoms with Crippen LogP contribution in [0.2, 0.25) is 0 Å². The van der Waals surface area contributed by atoms with E-state index in [0.29, 0.717) is 19.4 Å². The summed E-state index contributed by atoms with van der Waals surface area (Å²) in [6.07, 6.45) is 0.706. The Balaban J connectivity index is 3.53. The van der Waals surface area contributed by atoms with Crippen LogP contribution < -0.4 is 10.6 Å². The van der Waals surface area contributed by atoms with Crippen LogP contribution in [0.4, 0.5) is 4.79 Å². The second-order valence-electron chi connectivity index (χ2n) is 10.4. The summed E-state index contributed by atoms with van der Waals surface area (Å²) < 4.78 is 5.43. The number of rotatable bonds is 10. The molecule has 34 heavy (non-hydrogen) atoms. The largest absolute Gasteiger partial charge is 0.444 e. The van der Waals surface area contributed by atoms with Crippen LogP contribution in [0, 0.1) is 19.8 Å². The molecular weight excluding hydrogens is 430 g/mol. The predicted octanol–water partition coefficient (Wildman–Crippen LogP) is 5.05. The Kier molecular flexibility index (Phi) is 11.1. The van der Waals surface area contributed by atoms with Gasteiger partial charge in [0.1, 0.15) is 17.7 Å². The number of alkyl carbamates (subject to hydrolysis) is 1. The van der Waals surface area contributed by atoms with Gasteiger partial charge in [0.15, 0.2) is 0 Å². The molecule has 0 aliphatic heterocycles. The Hall–Kier alpha value is -2.57. The van der Waals surface area contributed by atoms with E-state index in [0.717, 1.165) is 16.7 Å². The first kappa shape index (κ1) is 29.5. The molecule has 3 unspecified atom stereocenters. The third kappa shape index (κ3) is 8.33. The molecule has 3 atom stereocenters. The zero-order chi connectivity index (χ0) is 26.2. The van der Waals surface area contributed by atoms with Crippen molar-refractivity contribution in [3.8, 4) is 0 Å². The van der Waals surface area contributed by atoms with Crippen LogP contribution in [0.25, 0.3) is 0 Å². The van der Waals surface area contributed by atoms with Gasteiger partial charge in [0.25, 0.3) is 0 Å². The fraction of sp³-hybridized carbons (Fsp3) is 0.667. The van der Waals surface area contributed by atoms with Gasteiger partial charge < -0.3 is 20.3 Å². The topological polar surface area (TPSA) is 87.7 Å². The first-order chi connectivity index (χ1) is 15.7. The number of aryl methyl sites for hydroxylation is 1. The Labute approximate surface area is 206 Å². The van der Waals surface area contributed by atoms with Gasteiger partial charge in [0.05, 0.1) is 0 Å². The van der Waals surface area contributed by atoms with Gasteiger partial charge in [-0.15, -0.1) is 0 Å². The molecule has 1 aromatic carbocycles. The number of nitrogens with one attached hydrogen (secondary N) is 2. The monoisotopic (exact) mass is 475 g/mol. The molecule has 0 saturated carbocycles. The minimum atomic E-state index is -0.814. The van der Waals surface area contributed by atoms with Crippen LogP contribution in [0.15, 0.2) is 18.2 Å². The molecule has 1 aromatic rings. The molecule has 0 aliphatic rings. The van der Waals surface area contributed by atoms with E-state index in [9.17, 15) is 14.4 Å². The molecule has 0 saturated heterocycles. The van der Waals surface area contributed by atoms with Crippen molar-refractivity contribution in [2.75, 3.05) is 6.54 Å². The molecule has 0 aromatic heterocycles. The van der Waals surface area contributed by atoms with E-state index in [1.165, 1.54) is 0 Å². The SMILES string of the molecule is CCCN(C(=O)C(NC(=O)OC(C)(C)C)C(C)CC)C(C(=O)NC(C)C)c1cccc(C)c1C. The van der Waals surface area contributed by atoms with Crippen molar-refractivity contribution in [2.45, 2.75) is 106 Å². The summed E-state index contributed by atoms with van der Waals surface area (Å²) in [5.41, 5.74) is 2.13. The number of ether oxygens (including phenoxy) is 1. The summed E-state index contributed by atoms with van der Waals surface area (Å²) in [7, 11) is 0. The van der Waals surface area contributed by atoms with Crippen molar-refractivity contribution in [2.24, 2.45) is 5.92 Å². The van der Waals surface area contributed by atoms with Crippen molar-refractivity contribution in [3.63, 3.8) is 0 Å². The molecule has 0 radical (unpaired) electrons. The Morgan fingerprint density at radius 3 is 2.15 bits per heavy atom. The Morgan fingerprint density at radius 2 is 1.65 bits per heavy atom. The Morgan fingerprint density at radius 1 is 1.03 bits per heavy atom. The average Bonchev–Trinajstić information content (AvgIpc) is 2.71. The number of nitrogens with zero attached hydrogens (tertiary/aromatic N) is 1. The highest BCUT2D eigenvalue weighted by Gasteiger charge is 2.38. The van der Waals surface area contributed by atoms with E-state index >= 15 is 0 Å². The zero-order valence-electron chi connectivity index (χ0n) is 22.7. The summed E-state index contributed by atoms with van der Waals surface area (Å²) in [6, 6.07) is 4.11. The van der Waals surface area contributed by atoms with Crippen molar-refractivity contribution < 1.29 is 19.1 Å². The Bertz CT molecular complexity index is 845. The van der Waals surface area contributed by atoms with Crippen molar-refractivity contribution >= 4 is 17.9 Å². The smallest absolute Gasteiger partial charge is 0.408 e. The third-order valence-corrected chi connectivity index (χ3v) is 5.83. The lowest BCUT2D eigenvalue weighted by molar-refractivity contribution is -0.143. The van der Waals surface area contributed by atoms with E-state index in [2.05, 4.69) is 10.6 Å². The number of carbonyl (C=O) groups excluding carboxylic acids is 3. The van der Waals surface area contributed by atoms with Gasteiger partial charge in [-0.25, -0.2) is 4.79 Å². The van der Waals surface area contributed by atoms with Crippen LogP contribution in [0.1, 0.15) is 91.0 Å². The van der Waals surface area contributed by atoms with Gasteiger partial charge in [0.2, 0.25) is 11.8 Å². The summed E-state index contributed by atoms with van der Waals surface area (Å²) in [4.78, 5) is 41.7. The van der Waals surface area contributed by atoms with E-state index in [4.69, 9.17) is 4.74 Å². The molecule has 0 fully saturated rings. The van der Waals surface area contributed by atoms with E-state index in [1.807, 2.05) is 66.7 Å². The molecule has 2 N–H and O–H groups in total. The summed E-state index contributed by atoms with van der Waals surface area (Å²) in [5.74, 6) is -0.663. The molecule has 3 amide bonds. The highest BCUT2D eigenvalue weighted by atomic mass is 16.6. The van der Waals surface area contributed by atoms with Gasteiger partial charge in [0, 0.05) is 12.6 Å². The van der Waals surface area contributed by atoms with Crippen LogP contribution >= 0.6 is 0 Å². The third-order valence-electron chi connectivity index (χ3n) is 5.83. The molecule has 7 heteroatoms. The second-order valence-corrected chi connectivity index (χ2v) is 10.4. The van der Waals surface area contributed by atoms with Gasteiger partial charge in [-0.2, -0.15) is 0 Å². The van der Waals surface area contributed by atoms with Gasteiger partial charge in [-0.3, -0.25) is 9.59 Å². The summed E-state index contributed by atoms with van der Waals surface area (Å²) in [6.45, 7) is 19.4. The van der Waals surface area contributed by atoms with E-state index in [1.54, 1.807) is 25.7 Å². The number of hydrogen-bond acceptors (Lipinski definition) is 4. The van der Waals surface area contributed by atoms with Crippen LogP contribution in [-0.2, 0) is 14.3 Å². The summed E-state index contributed by atoms with van der Waals surface area (Å²) >= 11 is 0. The van der Waals surface area contributed by atoms with E-state index < -0.39 is 23.8 Å². The first-order valence-electron chi connectivity index (χ1n) is 12.4. The van der Waals surface area contributed by atoms with E-state index in [-0.39, 0.29) is 23.8 Å². The highest BCUT2D eigenvalue weighted by Crippen LogP contribution is 2.28. The highest BCUT2D eigenvalue weighted by molar-refractivity contribution is 5.92.